The lowest BCUT2D eigenvalue weighted by atomic mass is 10.0. The van der Waals surface area contributed by atoms with Crippen LogP contribution in [0.25, 0.3) is 33.6 Å². The largest absolute Gasteiger partial charge is 0.453 e. The van der Waals surface area contributed by atoms with Crippen molar-refractivity contribution in [3.05, 3.63) is 72.6 Å². The van der Waals surface area contributed by atoms with E-state index in [0.717, 1.165) is 71.1 Å². The van der Waals surface area contributed by atoms with Crippen molar-refractivity contribution in [2.24, 2.45) is 5.92 Å². The highest BCUT2D eigenvalue weighted by atomic mass is 16.5. The van der Waals surface area contributed by atoms with E-state index in [9.17, 15) is 9.59 Å². The summed E-state index contributed by atoms with van der Waals surface area (Å²) in [6.07, 6.45) is 5.78. The smallest absolute Gasteiger partial charge is 0.407 e. The van der Waals surface area contributed by atoms with E-state index < -0.39 is 12.1 Å². The summed E-state index contributed by atoms with van der Waals surface area (Å²) in [5.41, 5.74) is 6.27. The minimum Gasteiger partial charge on any atom is -0.453 e. The number of amides is 2. The van der Waals surface area contributed by atoms with Crippen molar-refractivity contribution in [1.82, 2.24) is 35.5 Å². The summed E-state index contributed by atoms with van der Waals surface area (Å²) in [6, 6.07) is 16.3. The Morgan fingerprint density at radius 1 is 0.932 bits per heavy atom. The van der Waals surface area contributed by atoms with Gasteiger partial charge in [-0.05, 0) is 54.0 Å². The Morgan fingerprint density at radius 3 is 2.09 bits per heavy atom. The van der Waals surface area contributed by atoms with Crippen LogP contribution in [0, 0.1) is 5.92 Å². The first-order valence-electron chi connectivity index (χ1n) is 15.5. The molecular weight excluding hydrogens is 554 g/mol. The maximum Gasteiger partial charge on any atom is 0.407 e. The fourth-order valence-electron chi connectivity index (χ4n) is 5.87. The number of likely N-dealkylation sites (tertiary alicyclic amines) is 1. The van der Waals surface area contributed by atoms with Crippen LogP contribution in [0.4, 0.5) is 4.79 Å². The number of carbonyl (C=O) groups excluding carboxylic acids is 2. The van der Waals surface area contributed by atoms with Crippen LogP contribution in [0.1, 0.15) is 70.7 Å². The molecule has 0 aliphatic carbocycles. The number of hydrogen-bond donors (Lipinski definition) is 4. The summed E-state index contributed by atoms with van der Waals surface area (Å²) >= 11 is 0. The van der Waals surface area contributed by atoms with Crippen molar-refractivity contribution in [3.63, 3.8) is 0 Å². The molecule has 0 bridgehead atoms. The lowest BCUT2D eigenvalue weighted by molar-refractivity contribution is -0.135. The van der Waals surface area contributed by atoms with Gasteiger partial charge < -0.3 is 30.2 Å². The Bertz CT molecular complexity index is 1540. The second kappa shape index (κ2) is 13.9. The number of aromatic amines is 2. The molecule has 1 aliphatic rings. The fourth-order valence-corrected chi connectivity index (χ4v) is 5.87. The number of aromatic nitrogens is 4. The average Bonchev–Trinajstić information content (AvgIpc) is 3.83. The van der Waals surface area contributed by atoms with Crippen molar-refractivity contribution in [2.45, 2.75) is 65.1 Å². The third-order valence-electron chi connectivity index (χ3n) is 8.35. The van der Waals surface area contributed by atoms with Crippen LogP contribution in [0.15, 0.2) is 60.9 Å². The number of H-pyrrole nitrogens is 2. The second-order valence-electron chi connectivity index (χ2n) is 11.6. The van der Waals surface area contributed by atoms with Crippen LogP contribution in [-0.2, 0) is 9.53 Å². The van der Waals surface area contributed by atoms with Crippen molar-refractivity contribution in [1.29, 1.82) is 0 Å². The number of imidazole rings is 2. The Kier molecular flexibility index (Phi) is 9.79. The molecule has 0 radical (unpaired) electrons. The number of carbonyl (C=O) groups is 2. The average molecular weight is 598 g/mol. The molecule has 2 aromatic carbocycles. The maximum absolute atomic E-state index is 13.4. The van der Waals surface area contributed by atoms with Crippen LogP contribution in [0.3, 0.4) is 0 Å². The monoisotopic (exact) mass is 597 g/mol. The SMILES string of the molecule is CCN[C@@H](CC)c1ncc(-c2ccc(-c3ccc(-c4cnc(C5CCCN5C(=O)[C@@H](NC(=O)OC)C(C)C)[nH]4)cc3)cc2)[nH]1. The highest BCUT2D eigenvalue weighted by Gasteiger charge is 2.37. The van der Waals surface area contributed by atoms with E-state index in [-0.39, 0.29) is 23.9 Å². The van der Waals surface area contributed by atoms with Crippen molar-refractivity contribution in [2.75, 3.05) is 20.2 Å². The molecule has 3 atom stereocenters. The predicted octanol–water partition coefficient (Wildman–Crippen LogP) is 6.24. The summed E-state index contributed by atoms with van der Waals surface area (Å²) in [7, 11) is 1.30. The lowest BCUT2D eigenvalue weighted by Gasteiger charge is -2.30. The van der Waals surface area contributed by atoms with E-state index in [0.29, 0.717) is 6.54 Å². The molecule has 1 fully saturated rings. The van der Waals surface area contributed by atoms with E-state index in [1.54, 1.807) is 0 Å². The molecule has 1 unspecified atom stereocenters. The Balaban J connectivity index is 1.26. The number of hydrogen-bond acceptors (Lipinski definition) is 6. The second-order valence-corrected chi connectivity index (χ2v) is 11.6. The van der Waals surface area contributed by atoms with Gasteiger partial charge in [0.05, 0.1) is 43.0 Å². The molecule has 1 saturated heterocycles. The van der Waals surface area contributed by atoms with Crippen molar-refractivity contribution >= 4 is 12.0 Å². The first-order valence-corrected chi connectivity index (χ1v) is 15.5. The molecule has 10 nitrogen and oxygen atoms in total. The molecule has 2 aromatic heterocycles. The molecule has 44 heavy (non-hydrogen) atoms. The fraction of sp³-hybridized carbons (Fsp3) is 0.412. The molecular formula is C34H43N7O3. The van der Waals surface area contributed by atoms with Crippen molar-refractivity contribution in [3.8, 4) is 33.6 Å². The van der Waals surface area contributed by atoms with E-state index in [2.05, 4.69) is 92.9 Å². The normalized spacial score (nSPS) is 16.2. The van der Waals surface area contributed by atoms with Gasteiger partial charge in [0, 0.05) is 6.54 Å². The number of methoxy groups -OCH3 is 1. The zero-order valence-electron chi connectivity index (χ0n) is 26.2. The van der Waals surface area contributed by atoms with Gasteiger partial charge in [-0.3, -0.25) is 4.79 Å². The van der Waals surface area contributed by atoms with Gasteiger partial charge in [0.2, 0.25) is 5.91 Å². The number of nitrogens with one attached hydrogen (secondary N) is 4. The molecule has 1 aliphatic heterocycles. The van der Waals surface area contributed by atoms with Gasteiger partial charge in [-0.25, -0.2) is 14.8 Å². The first-order chi connectivity index (χ1) is 21.3. The predicted molar refractivity (Wildman–Crippen MR) is 172 cm³/mol. The number of benzene rings is 2. The number of alkyl carbamates (subject to hydrolysis) is 1. The van der Waals surface area contributed by atoms with E-state index in [1.807, 2.05) is 31.1 Å². The van der Waals surface area contributed by atoms with Crippen LogP contribution in [-0.4, -0.2) is 63.1 Å². The van der Waals surface area contributed by atoms with E-state index >= 15 is 0 Å². The molecule has 5 rings (SSSR count). The number of ether oxygens (including phenoxy) is 1. The van der Waals surface area contributed by atoms with Gasteiger partial charge in [-0.2, -0.15) is 0 Å². The molecule has 4 aromatic rings. The van der Waals surface area contributed by atoms with Crippen LogP contribution in [0.2, 0.25) is 0 Å². The van der Waals surface area contributed by atoms with Crippen LogP contribution >= 0.6 is 0 Å². The van der Waals surface area contributed by atoms with Gasteiger partial charge in [0.25, 0.3) is 0 Å². The third kappa shape index (κ3) is 6.70. The first kappa shape index (κ1) is 31.0. The zero-order chi connectivity index (χ0) is 31.2. The summed E-state index contributed by atoms with van der Waals surface area (Å²) in [5.74, 6) is 1.52. The zero-order valence-corrected chi connectivity index (χ0v) is 26.2. The van der Waals surface area contributed by atoms with Gasteiger partial charge in [0.15, 0.2) is 0 Å². The lowest BCUT2D eigenvalue weighted by Crippen LogP contribution is -2.51. The van der Waals surface area contributed by atoms with Crippen molar-refractivity contribution < 1.29 is 14.3 Å². The van der Waals surface area contributed by atoms with Gasteiger partial charge in [0.1, 0.15) is 17.7 Å². The summed E-state index contributed by atoms with van der Waals surface area (Å²) < 4.78 is 4.74. The Morgan fingerprint density at radius 2 is 1.52 bits per heavy atom. The maximum atomic E-state index is 13.4. The minimum absolute atomic E-state index is 0.0790. The van der Waals surface area contributed by atoms with E-state index in [4.69, 9.17) is 4.74 Å². The molecule has 0 saturated carbocycles. The quantitative estimate of drug-likeness (QED) is 0.162. The summed E-state index contributed by atoms with van der Waals surface area (Å²) in [5, 5.41) is 6.16. The van der Waals surface area contributed by atoms with Gasteiger partial charge in [-0.15, -0.1) is 0 Å². The molecule has 10 heteroatoms. The summed E-state index contributed by atoms with van der Waals surface area (Å²) in [4.78, 5) is 43.3. The molecule has 2 amide bonds. The van der Waals surface area contributed by atoms with Gasteiger partial charge in [-0.1, -0.05) is 76.2 Å². The number of nitrogens with zero attached hydrogens (tertiary/aromatic N) is 3. The minimum atomic E-state index is -0.660. The Hall–Kier alpha value is -4.44. The molecule has 3 heterocycles. The van der Waals surface area contributed by atoms with Crippen LogP contribution < -0.4 is 10.6 Å². The van der Waals surface area contributed by atoms with Gasteiger partial charge >= 0.3 is 6.09 Å². The summed E-state index contributed by atoms with van der Waals surface area (Å²) in [6.45, 7) is 9.61. The number of rotatable bonds is 11. The molecule has 232 valence electrons. The standard InChI is InChI=1S/C34H43N7O3/c1-6-26(35-7-2)31-36-19-27(38-31)24-14-10-22(11-15-24)23-12-16-25(17-13-23)28-20-37-32(39-28)29-9-8-18-41(29)33(42)30(21(3)4)40-34(43)44-5/h10-17,19-21,26,29-30,35H,6-9,18H2,1-5H3,(H,36,38)(H,37,39)(H,40,43)/t26-,29?,30-/m0/s1. The molecule has 4 N–H and O–H groups in total. The topological polar surface area (TPSA) is 128 Å². The van der Waals surface area contributed by atoms with E-state index in [1.165, 1.54) is 7.11 Å². The highest BCUT2D eigenvalue weighted by Crippen LogP contribution is 2.33. The highest BCUT2D eigenvalue weighted by molar-refractivity contribution is 5.86. The molecule has 0 spiro atoms. The Labute approximate surface area is 259 Å². The third-order valence-corrected chi connectivity index (χ3v) is 8.35. The van der Waals surface area contributed by atoms with Crippen LogP contribution in [0.5, 0.6) is 0 Å².